The van der Waals surface area contributed by atoms with Crippen LogP contribution >= 0.6 is 0 Å². The molecule has 1 N–H and O–H groups in total. The van der Waals surface area contributed by atoms with Gasteiger partial charge in [-0.1, -0.05) is 18.2 Å². The van der Waals surface area contributed by atoms with Crippen LogP contribution < -0.4 is 5.32 Å². The molecule has 1 amide bonds. The first-order valence-corrected chi connectivity index (χ1v) is 6.29. The molecule has 2 heterocycles. The van der Waals surface area contributed by atoms with Crippen molar-refractivity contribution in [3.63, 3.8) is 0 Å². The number of anilines is 1. The maximum absolute atomic E-state index is 12.0. The van der Waals surface area contributed by atoms with E-state index in [1.165, 1.54) is 0 Å². The number of hydrogen-bond acceptors (Lipinski definition) is 3. The van der Waals surface area contributed by atoms with Crippen molar-refractivity contribution in [3.8, 4) is 6.07 Å². The molecule has 2 atom stereocenters. The molecule has 0 aromatic heterocycles. The van der Waals surface area contributed by atoms with Crippen LogP contribution in [-0.2, 0) is 4.79 Å². The standard InChI is InChI=1S/C14H15N3O/c15-10-14(16-11-5-2-1-3-6-11)9-13(18)17-8-4-7-12(14)17/h1-3,5-6,12,16H,4,7-9H2. The molecular formula is C14H15N3O. The number of carbonyl (C=O) groups excluding carboxylic acids is 1. The first-order chi connectivity index (χ1) is 8.75. The van der Waals surface area contributed by atoms with Crippen molar-refractivity contribution in [2.24, 2.45) is 0 Å². The minimum atomic E-state index is -0.755. The number of hydrogen-bond donors (Lipinski definition) is 1. The van der Waals surface area contributed by atoms with Gasteiger partial charge in [-0.3, -0.25) is 4.79 Å². The van der Waals surface area contributed by atoms with E-state index in [-0.39, 0.29) is 18.4 Å². The smallest absolute Gasteiger partial charge is 0.226 e. The molecule has 1 aromatic carbocycles. The molecule has 0 bridgehead atoms. The summed E-state index contributed by atoms with van der Waals surface area (Å²) in [5, 5.41) is 12.8. The van der Waals surface area contributed by atoms with Gasteiger partial charge in [-0.15, -0.1) is 0 Å². The first kappa shape index (κ1) is 11.1. The summed E-state index contributed by atoms with van der Waals surface area (Å²) >= 11 is 0. The molecular weight excluding hydrogens is 226 g/mol. The molecule has 2 saturated heterocycles. The fourth-order valence-electron chi connectivity index (χ4n) is 3.08. The number of amides is 1. The number of nitrogens with one attached hydrogen (secondary N) is 1. The molecule has 0 aliphatic carbocycles. The van der Waals surface area contributed by atoms with Crippen LogP contribution in [0.25, 0.3) is 0 Å². The van der Waals surface area contributed by atoms with Gasteiger partial charge >= 0.3 is 0 Å². The highest BCUT2D eigenvalue weighted by atomic mass is 16.2. The average molecular weight is 241 g/mol. The van der Waals surface area contributed by atoms with Gasteiger partial charge < -0.3 is 10.2 Å². The third-order valence-electron chi connectivity index (χ3n) is 3.91. The molecule has 18 heavy (non-hydrogen) atoms. The van der Waals surface area contributed by atoms with Crippen molar-refractivity contribution in [3.05, 3.63) is 30.3 Å². The Morgan fingerprint density at radius 3 is 2.89 bits per heavy atom. The highest BCUT2D eigenvalue weighted by Gasteiger charge is 2.54. The summed E-state index contributed by atoms with van der Waals surface area (Å²) in [5.74, 6) is 0.0995. The predicted molar refractivity (Wildman–Crippen MR) is 67.8 cm³/mol. The zero-order chi connectivity index (χ0) is 12.6. The second-order valence-corrected chi connectivity index (χ2v) is 5.00. The van der Waals surface area contributed by atoms with Gasteiger partial charge in [-0.05, 0) is 25.0 Å². The maximum atomic E-state index is 12.0. The Hall–Kier alpha value is -2.02. The van der Waals surface area contributed by atoms with Crippen LogP contribution in [0.5, 0.6) is 0 Å². The Labute approximate surface area is 106 Å². The third-order valence-corrected chi connectivity index (χ3v) is 3.91. The Morgan fingerprint density at radius 1 is 1.39 bits per heavy atom. The van der Waals surface area contributed by atoms with E-state index < -0.39 is 5.54 Å². The predicted octanol–water partition coefficient (Wildman–Crippen LogP) is 1.76. The second-order valence-electron chi connectivity index (χ2n) is 5.00. The second kappa shape index (κ2) is 4.02. The minimum absolute atomic E-state index is 0.0233. The first-order valence-electron chi connectivity index (χ1n) is 6.29. The Kier molecular flexibility index (Phi) is 2.48. The van der Waals surface area contributed by atoms with Crippen molar-refractivity contribution in [2.75, 3.05) is 11.9 Å². The normalized spacial score (nSPS) is 30.1. The fraction of sp³-hybridized carbons (Fsp3) is 0.429. The lowest BCUT2D eigenvalue weighted by Gasteiger charge is -2.29. The summed E-state index contributed by atoms with van der Waals surface area (Å²) in [5.41, 5.74) is 0.148. The van der Waals surface area contributed by atoms with Gasteiger partial charge in [0, 0.05) is 12.2 Å². The van der Waals surface area contributed by atoms with Crippen molar-refractivity contribution < 1.29 is 4.79 Å². The minimum Gasteiger partial charge on any atom is -0.365 e. The van der Waals surface area contributed by atoms with E-state index in [9.17, 15) is 10.1 Å². The van der Waals surface area contributed by atoms with Crippen LogP contribution in [0.3, 0.4) is 0 Å². The van der Waals surface area contributed by atoms with Crippen LogP contribution in [-0.4, -0.2) is 28.9 Å². The lowest BCUT2D eigenvalue weighted by molar-refractivity contribution is -0.127. The average Bonchev–Trinajstić information content (AvgIpc) is 2.96. The molecule has 92 valence electrons. The molecule has 0 spiro atoms. The van der Waals surface area contributed by atoms with Crippen molar-refractivity contribution in [1.29, 1.82) is 5.26 Å². The lowest BCUT2D eigenvalue weighted by Crippen LogP contribution is -2.46. The van der Waals surface area contributed by atoms with Gasteiger partial charge in [0.1, 0.15) is 0 Å². The summed E-state index contributed by atoms with van der Waals surface area (Å²) in [6.45, 7) is 0.795. The van der Waals surface area contributed by atoms with E-state index in [1.54, 1.807) is 0 Å². The number of rotatable bonds is 2. The third kappa shape index (κ3) is 1.55. The number of nitriles is 1. The fourth-order valence-corrected chi connectivity index (χ4v) is 3.08. The molecule has 4 heteroatoms. The van der Waals surface area contributed by atoms with Gasteiger partial charge in [-0.2, -0.15) is 5.26 Å². The summed E-state index contributed by atoms with van der Waals surface area (Å²) in [6.07, 6.45) is 2.19. The number of benzene rings is 1. The molecule has 1 aromatic rings. The van der Waals surface area contributed by atoms with Gasteiger partial charge in [0.25, 0.3) is 0 Å². The van der Waals surface area contributed by atoms with Crippen LogP contribution in [0.15, 0.2) is 30.3 Å². The zero-order valence-corrected chi connectivity index (χ0v) is 10.1. The van der Waals surface area contributed by atoms with Gasteiger partial charge in [0.05, 0.1) is 18.5 Å². The van der Waals surface area contributed by atoms with Crippen LogP contribution in [0.1, 0.15) is 19.3 Å². The number of para-hydroxylation sites is 1. The molecule has 2 aliphatic heterocycles. The summed E-state index contributed by atoms with van der Waals surface area (Å²) in [7, 11) is 0. The molecule has 4 nitrogen and oxygen atoms in total. The molecule has 3 rings (SSSR count). The van der Waals surface area contributed by atoms with E-state index in [0.717, 1.165) is 25.1 Å². The SMILES string of the molecule is N#CC1(Nc2ccccc2)CC(=O)N2CCCC21. The van der Waals surface area contributed by atoms with Crippen LogP contribution in [0.2, 0.25) is 0 Å². The van der Waals surface area contributed by atoms with Crippen LogP contribution in [0, 0.1) is 11.3 Å². The summed E-state index contributed by atoms with van der Waals surface area (Å²) < 4.78 is 0. The lowest BCUT2D eigenvalue weighted by atomic mass is 9.89. The van der Waals surface area contributed by atoms with Crippen LogP contribution in [0.4, 0.5) is 5.69 Å². The van der Waals surface area contributed by atoms with Crippen molar-refractivity contribution in [2.45, 2.75) is 30.8 Å². The van der Waals surface area contributed by atoms with E-state index >= 15 is 0 Å². The van der Waals surface area contributed by atoms with E-state index in [0.29, 0.717) is 0 Å². The zero-order valence-electron chi connectivity index (χ0n) is 10.1. The largest absolute Gasteiger partial charge is 0.365 e. The van der Waals surface area contributed by atoms with Crippen molar-refractivity contribution in [1.82, 2.24) is 4.90 Å². The molecule has 0 saturated carbocycles. The summed E-state index contributed by atoms with van der Waals surface area (Å²) in [4.78, 5) is 13.8. The van der Waals surface area contributed by atoms with Gasteiger partial charge in [0.2, 0.25) is 5.91 Å². The van der Waals surface area contributed by atoms with Gasteiger partial charge in [0.15, 0.2) is 5.54 Å². The summed E-state index contributed by atoms with van der Waals surface area (Å²) in [6, 6.07) is 12.0. The Bertz CT molecular complexity index is 508. The van der Waals surface area contributed by atoms with E-state index in [4.69, 9.17) is 0 Å². The molecule has 2 fully saturated rings. The number of carbonyl (C=O) groups is 1. The van der Waals surface area contributed by atoms with E-state index in [2.05, 4.69) is 11.4 Å². The molecule has 2 aliphatic rings. The van der Waals surface area contributed by atoms with Crippen molar-refractivity contribution >= 4 is 11.6 Å². The highest BCUT2D eigenvalue weighted by Crippen LogP contribution is 2.38. The monoisotopic (exact) mass is 241 g/mol. The number of fused-ring (bicyclic) bond motifs is 1. The maximum Gasteiger partial charge on any atom is 0.226 e. The number of nitrogens with zero attached hydrogens (tertiary/aromatic N) is 2. The highest BCUT2D eigenvalue weighted by molar-refractivity contribution is 5.84. The van der Waals surface area contributed by atoms with E-state index in [1.807, 2.05) is 35.2 Å². The molecule has 0 radical (unpaired) electrons. The van der Waals surface area contributed by atoms with Gasteiger partial charge in [-0.25, -0.2) is 0 Å². The Morgan fingerprint density at radius 2 is 2.17 bits per heavy atom. The topological polar surface area (TPSA) is 56.1 Å². The molecule has 2 unspecified atom stereocenters. The Balaban J connectivity index is 1.92. The quantitative estimate of drug-likeness (QED) is 0.858.